The summed E-state index contributed by atoms with van der Waals surface area (Å²) >= 11 is 0. The van der Waals surface area contributed by atoms with Crippen molar-refractivity contribution >= 4 is 11.9 Å². The number of benzene rings is 1. The average molecular weight is 323 g/mol. The second kappa shape index (κ2) is 6.74. The molecule has 1 aliphatic heterocycles. The number of esters is 2. The number of ether oxygens (including phenoxy) is 4. The molecule has 1 heterocycles. The van der Waals surface area contributed by atoms with Crippen LogP contribution in [0, 0.1) is 4.91 Å². The third kappa shape index (κ3) is 2.77. The Labute approximate surface area is 132 Å². The summed E-state index contributed by atoms with van der Waals surface area (Å²) in [6, 6.07) is 6.57. The number of hydrogen-bond donors (Lipinski definition) is 0. The van der Waals surface area contributed by atoms with Crippen LogP contribution in [0.1, 0.15) is 11.5 Å². The Morgan fingerprint density at radius 2 is 1.83 bits per heavy atom. The van der Waals surface area contributed by atoms with Gasteiger partial charge in [-0.05, 0) is 22.9 Å². The van der Waals surface area contributed by atoms with E-state index < -0.39 is 29.5 Å². The fourth-order valence-electron chi connectivity index (χ4n) is 2.72. The molecule has 1 aliphatic rings. The summed E-state index contributed by atoms with van der Waals surface area (Å²) in [5.74, 6) is -1.92. The first-order valence-electron chi connectivity index (χ1n) is 6.80. The highest BCUT2D eigenvalue weighted by atomic mass is 16.6. The predicted molar refractivity (Wildman–Crippen MR) is 78.0 cm³/mol. The summed E-state index contributed by atoms with van der Waals surface area (Å²) in [7, 11) is 3.85. The van der Waals surface area contributed by atoms with Crippen LogP contribution >= 0.6 is 0 Å². The third-order valence-corrected chi connectivity index (χ3v) is 3.91. The zero-order valence-electron chi connectivity index (χ0n) is 13.0. The molecule has 0 amide bonds. The first-order valence-corrected chi connectivity index (χ1v) is 6.80. The molecule has 0 saturated carbocycles. The van der Waals surface area contributed by atoms with E-state index in [0.717, 1.165) is 7.11 Å². The number of nitroso groups, excluding NO2 is 1. The summed E-state index contributed by atoms with van der Waals surface area (Å²) in [6.07, 6.45) is -1.13. The van der Waals surface area contributed by atoms with Gasteiger partial charge in [-0.25, -0.2) is 9.59 Å². The van der Waals surface area contributed by atoms with Crippen LogP contribution in [-0.2, 0) is 23.8 Å². The van der Waals surface area contributed by atoms with Crippen molar-refractivity contribution in [2.24, 2.45) is 5.18 Å². The van der Waals surface area contributed by atoms with Gasteiger partial charge in [-0.3, -0.25) is 0 Å². The van der Waals surface area contributed by atoms with Gasteiger partial charge in [0, 0.05) is 0 Å². The third-order valence-electron chi connectivity index (χ3n) is 3.91. The fourth-order valence-corrected chi connectivity index (χ4v) is 2.72. The molecule has 0 radical (unpaired) electrons. The van der Waals surface area contributed by atoms with Gasteiger partial charge in [-0.2, -0.15) is 0 Å². The highest BCUT2D eigenvalue weighted by molar-refractivity contribution is 5.87. The van der Waals surface area contributed by atoms with E-state index in [4.69, 9.17) is 18.9 Å². The molecule has 3 unspecified atom stereocenters. The molecule has 3 atom stereocenters. The van der Waals surface area contributed by atoms with E-state index in [2.05, 4.69) is 5.18 Å². The lowest BCUT2D eigenvalue weighted by atomic mass is 9.78. The minimum Gasteiger partial charge on any atom is -0.497 e. The Morgan fingerprint density at radius 3 is 2.30 bits per heavy atom. The van der Waals surface area contributed by atoms with Gasteiger partial charge in [0.15, 0.2) is 6.10 Å². The van der Waals surface area contributed by atoms with Crippen LogP contribution < -0.4 is 4.74 Å². The van der Waals surface area contributed by atoms with E-state index in [1.54, 1.807) is 24.3 Å². The minimum atomic E-state index is -1.85. The second-order valence-corrected chi connectivity index (χ2v) is 5.01. The Hall–Kier alpha value is -2.48. The number of carbonyl (C=O) groups excluding carboxylic acids is 2. The summed E-state index contributed by atoms with van der Waals surface area (Å²) in [5.41, 5.74) is -1.33. The average Bonchev–Trinajstić information content (AvgIpc) is 3.01. The van der Waals surface area contributed by atoms with Crippen molar-refractivity contribution in [1.29, 1.82) is 0 Å². The normalized spacial score (nSPS) is 26.4. The van der Waals surface area contributed by atoms with Crippen molar-refractivity contribution in [3.05, 3.63) is 34.7 Å². The van der Waals surface area contributed by atoms with Crippen LogP contribution in [0.15, 0.2) is 29.4 Å². The van der Waals surface area contributed by atoms with E-state index in [0.29, 0.717) is 11.3 Å². The molecule has 0 N–H and O–H groups in total. The number of methoxy groups -OCH3 is 3. The Kier molecular flexibility index (Phi) is 4.95. The Morgan fingerprint density at radius 1 is 1.17 bits per heavy atom. The smallest absolute Gasteiger partial charge is 0.340 e. The van der Waals surface area contributed by atoms with Crippen molar-refractivity contribution in [3.63, 3.8) is 0 Å². The van der Waals surface area contributed by atoms with Crippen molar-refractivity contribution in [1.82, 2.24) is 0 Å². The first kappa shape index (κ1) is 16.9. The van der Waals surface area contributed by atoms with Crippen molar-refractivity contribution in [3.8, 4) is 5.75 Å². The summed E-state index contributed by atoms with van der Waals surface area (Å²) in [5, 5.41) is 2.97. The lowest BCUT2D eigenvalue weighted by Crippen LogP contribution is -2.45. The van der Waals surface area contributed by atoms with E-state index in [9.17, 15) is 14.5 Å². The molecule has 124 valence electrons. The molecule has 1 aromatic carbocycles. The Bertz CT molecular complexity index is 600. The largest absolute Gasteiger partial charge is 0.497 e. The second-order valence-electron chi connectivity index (χ2n) is 5.01. The minimum absolute atomic E-state index is 0.361. The molecular formula is C15H17NO7. The first-order chi connectivity index (χ1) is 11.0. The molecule has 1 saturated heterocycles. The maximum Gasteiger partial charge on any atom is 0.340 e. The molecule has 0 bridgehead atoms. The molecule has 0 aromatic heterocycles. The molecule has 1 fully saturated rings. The zero-order valence-corrected chi connectivity index (χ0v) is 13.0. The molecule has 1 aromatic rings. The maximum absolute atomic E-state index is 12.2. The number of carbonyl (C=O) groups is 2. The topological polar surface area (TPSA) is 100 Å². The summed E-state index contributed by atoms with van der Waals surface area (Å²) in [4.78, 5) is 35.6. The van der Waals surface area contributed by atoms with Gasteiger partial charge >= 0.3 is 11.9 Å². The van der Waals surface area contributed by atoms with Gasteiger partial charge in [0.2, 0.25) is 5.54 Å². The van der Waals surface area contributed by atoms with Gasteiger partial charge in [-0.15, -0.1) is 4.91 Å². The predicted octanol–water partition coefficient (Wildman–Crippen LogP) is 1.03. The molecule has 8 nitrogen and oxygen atoms in total. The van der Waals surface area contributed by atoms with E-state index in [-0.39, 0.29) is 6.61 Å². The van der Waals surface area contributed by atoms with E-state index in [1.165, 1.54) is 14.2 Å². The van der Waals surface area contributed by atoms with Crippen LogP contribution in [-0.4, -0.2) is 51.5 Å². The molecule has 0 spiro atoms. The van der Waals surface area contributed by atoms with Crippen LogP contribution in [0.4, 0.5) is 0 Å². The van der Waals surface area contributed by atoms with Gasteiger partial charge in [0.1, 0.15) is 5.75 Å². The molecular weight excluding hydrogens is 306 g/mol. The van der Waals surface area contributed by atoms with Crippen LogP contribution in [0.5, 0.6) is 5.75 Å². The van der Waals surface area contributed by atoms with Crippen molar-refractivity contribution < 1.29 is 28.5 Å². The van der Waals surface area contributed by atoms with Crippen LogP contribution in [0.2, 0.25) is 0 Å². The van der Waals surface area contributed by atoms with Crippen LogP contribution in [0.25, 0.3) is 0 Å². The van der Waals surface area contributed by atoms with Gasteiger partial charge < -0.3 is 18.9 Å². The van der Waals surface area contributed by atoms with Gasteiger partial charge in [0.25, 0.3) is 0 Å². The maximum atomic E-state index is 12.2. The standard InChI is InChI=1S/C15H17NO7/c1-20-10-6-4-9(5-7-10)11-12(13(17)21-2)23-8-15(11,16-19)14(18)22-3/h4-7,11-12H,8H2,1-3H3. The van der Waals surface area contributed by atoms with Crippen LogP contribution in [0.3, 0.4) is 0 Å². The van der Waals surface area contributed by atoms with Crippen molar-refractivity contribution in [2.45, 2.75) is 17.6 Å². The van der Waals surface area contributed by atoms with E-state index >= 15 is 0 Å². The van der Waals surface area contributed by atoms with E-state index in [1.807, 2.05) is 0 Å². The molecule has 8 heteroatoms. The highest BCUT2D eigenvalue weighted by Crippen LogP contribution is 2.43. The monoisotopic (exact) mass is 323 g/mol. The number of nitrogens with zero attached hydrogens (tertiary/aromatic N) is 1. The quantitative estimate of drug-likeness (QED) is 0.589. The number of hydrogen-bond acceptors (Lipinski definition) is 8. The lowest BCUT2D eigenvalue weighted by molar-refractivity contribution is -0.151. The molecule has 2 rings (SSSR count). The Balaban J connectivity index is 2.52. The molecule has 23 heavy (non-hydrogen) atoms. The fraction of sp³-hybridized carbons (Fsp3) is 0.467. The van der Waals surface area contributed by atoms with Gasteiger partial charge in [-0.1, -0.05) is 12.1 Å². The lowest BCUT2D eigenvalue weighted by Gasteiger charge is -2.26. The SMILES string of the molecule is COC(=O)C1OCC(N=O)(C(=O)OC)C1c1ccc(OC)cc1. The number of rotatable bonds is 5. The zero-order chi connectivity index (χ0) is 17.0. The molecule has 0 aliphatic carbocycles. The summed E-state index contributed by atoms with van der Waals surface area (Å²) in [6.45, 7) is -0.361. The van der Waals surface area contributed by atoms with Crippen molar-refractivity contribution in [2.75, 3.05) is 27.9 Å². The highest BCUT2D eigenvalue weighted by Gasteiger charge is 2.61. The summed E-state index contributed by atoms with van der Waals surface area (Å²) < 4.78 is 19.8. The van der Waals surface area contributed by atoms with Gasteiger partial charge in [0.05, 0.1) is 33.9 Å².